The molecule has 1 aliphatic rings. The highest BCUT2D eigenvalue weighted by atomic mass is 16.3. The number of benzene rings is 1. The van der Waals surface area contributed by atoms with Gasteiger partial charge >= 0.3 is 0 Å². The minimum atomic E-state index is -0.0319. The van der Waals surface area contributed by atoms with Crippen molar-refractivity contribution in [3.05, 3.63) is 59.5 Å². The van der Waals surface area contributed by atoms with Crippen LogP contribution in [0.1, 0.15) is 21.7 Å². The van der Waals surface area contributed by atoms with Gasteiger partial charge in [-0.3, -0.25) is 9.69 Å². The van der Waals surface area contributed by atoms with Gasteiger partial charge in [0.25, 0.3) is 5.91 Å². The molecule has 5 nitrogen and oxygen atoms in total. The maximum atomic E-state index is 12.2. The molecule has 1 aromatic heterocycles. The van der Waals surface area contributed by atoms with Crippen molar-refractivity contribution in [2.24, 2.45) is 0 Å². The molecular formula is C18H19N3O2. The zero-order valence-electron chi connectivity index (χ0n) is 12.9. The van der Waals surface area contributed by atoms with Crippen LogP contribution in [0.4, 0.5) is 0 Å². The number of hydrogen-bond acceptors (Lipinski definition) is 4. The molecule has 1 amide bonds. The van der Waals surface area contributed by atoms with Gasteiger partial charge in [-0.2, -0.15) is 5.26 Å². The number of carbonyl (C=O) groups excluding carboxylic acids is 1. The third-order valence-corrected chi connectivity index (χ3v) is 4.10. The highest BCUT2D eigenvalue weighted by Crippen LogP contribution is 2.13. The Balaban J connectivity index is 1.51. The van der Waals surface area contributed by atoms with Crippen molar-refractivity contribution in [1.29, 1.82) is 5.26 Å². The van der Waals surface area contributed by atoms with E-state index < -0.39 is 0 Å². The lowest BCUT2D eigenvalue weighted by Gasteiger charge is -2.34. The number of amides is 1. The number of hydrogen-bond donors (Lipinski definition) is 0. The number of nitrogens with zero attached hydrogens (tertiary/aromatic N) is 3. The van der Waals surface area contributed by atoms with Gasteiger partial charge in [0.2, 0.25) is 0 Å². The summed E-state index contributed by atoms with van der Waals surface area (Å²) in [5, 5.41) is 8.69. The number of furan rings is 1. The first-order valence-electron chi connectivity index (χ1n) is 7.76. The molecular weight excluding hydrogens is 290 g/mol. The van der Waals surface area contributed by atoms with Crippen molar-refractivity contribution in [3.8, 4) is 6.07 Å². The van der Waals surface area contributed by atoms with Gasteiger partial charge in [0.1, 0.15) is 0 Å². The monoisotopic (exact) mass is 309 g/mol. The van der Waals surface area contributed by atoms with Crippen LogP contribution >= 0.6 is 0 Å². The minimum Gasteiger partial charge on any atom is -0.459 e. The quantitative estimate of drug-likeness (QED) is 0.869. The fraction of sp³-hybridized carbons (Fsp3) is 0.333. The molecule has 0 bridgehead atoms. The standard InChI is InChI=1S/C18H19N3O2/c19-8-7-15-3-5-16(6-4-15)14-20-9-11-21(12-10-20)18(22)17-2-1-13-23-17/h1-6,13H,7,9-12,14H2. The van der Waals surface area contributed by atoms with E-state index in [0.29, 0.717) is 25.3 Å². The molecule has 0 aliphatic carbocycles. The van der Waals surface area contributed by atoms with Gasteiger partial charge in [-0.25, -0.2) is 0 Å². The predicted molar refractivity (Wildman–Crippen MR) is 85.6 cm³/mol. The summed E-state index contributed by atoms with van der Waals surface area (Å²) in [5.41, 5.74) is 2.28. The normalized spacial score (nSPS) is 15.3. The summed E-state index contributed by atoms with van der Waals surface area (Å²) in [6, 6.07) is 13.8. The molecule has 23 heavy (non-hydrogen) atoms. The van der Waals surface area contributed by atoms with Gasteiger partial charge in [0.05, 0.1) is 18.8 Å². The lowest BCUT2D eigenvalue weighted by molar-refractivity contribution is 0.0598. The van der Waals surface area contributed by atoms with Crippen molar-refractivity contribution < 1.29 is 9.21 Å². The van der Waals surface area contributed by atoms with E-state index in [2.05, 4.69) is 23.1 Å². The molecule has 2 heterocycles. The molecule has 0 N–H and O–H groups in total. The van der Waals surface area contributed by atoms with Crippen molar-refractivity contribution in [2.45, 2.75) is 13.0 Å². The summed E-state index contributed by atoms with van der Waals surface area (Å²) < 4.78 is 5.17. The maximum Gasteiger partial charge on any atom is 0.289 e. The zero-order chi connectivity index (χ0) is 16.1. The van der Waals surface area contributed by atoms with Gasteiger partial charge in [0, 0.05) is 32.7 Å². The van der Waals surface area contributed by atoms with Gasteiger partial charge in [-0.05, 0) is 23.3 Å². The summed E-state index contributed by atoms with van der Waals surface area (Å²) in [4.78, 5) is 16.4. The van der Waals surface area contributed by atoms with Crippen LogP contribution in [0.15, 0.2) is 47.1 Å². The second-order valence-electron chi connectivity index (χ2n) is 5.70. The molecule has 0 atom stereocenters. The van der Waals surface area contributed by atoms with Crippen LogP contribution in [0.25, 0.3) is 0 Å². The van der Waals surface area contributed by atoms with Crippen LogP contribution in [-0.4, -0.2) is 41.9 Å². The second-order valence-corrected chi connectivity index (χ2v) is 5.70. The van der Waals surface area contributed by atoms with Crippen molar-refractivity contribution in [3.63, 3.8) is 0 Å². The third-order valence-electron chi connectivity index (χ3n) is 4.10. The summed E-state index contributed by atoms with van der Waals surface area (Å²) in [6.07, 6.45) is 1.98. The first-order chi connectivity index (χ1) is 11.3. The molecule has 1 fully saturated rings. The van der Waals surface area contributed by atoms with Crippen LogP contribution < -0.4 is 0 Å². The number of carbonyl (C=O) groups is 1. The summed E-state index contributed by atoms with van der Waals surface area (Å²) >= 11 is 0. The third kappa shape index (κ3) is 3.79. The van der Waals surface area contributed by atoms with Gasteiger partial charge < -0.3 is 9.32 Å². The SMILES string of the molecule is N#CCc1ccc(CN2CCN(C(=O)c3ccco3)CC2)cc1. The van der Waals surface area contributed by atoms with Crippen molar-refractivity contribution in [2.75, 3.05) is 26.2 Å². The number of nitriles is 1. The average Bonchev–Trinajstić information content (AvgIpc) is 3.11. The molecule has 0 unspecified atom stereocenters. The smallest absolute Gasteiger partial charge is 0.289 e. The zero-order valence-corrected chi connectivity index (χ0v) is 12.9. The Labute approximate surface area is 135 Å². The van der Waals surface area contributed by atoms with Crippen molar-refractivity contribution >= 4 is 5.91 Å². The molecule has 2 aromatic rings. The molecule has 1 aromatic carbocycles. The molecule has 0 saturated carbocycles. The number of rotatable bonds is 4. The van der Waals surface area contributed by atoms with Crippen LogP contribution in [0.3, 0.4) is 0 Å². The molecule has 3 rings (SSSR count). The first kappa shape index (κ1) is 15.3. The van der Waals surface area contributed by atoms with Gasteiger partial charge in [-0.15, -0.1) is 0 Å². The summed E-state index contributed by atoms with van der Waals surface area (Å²) in [6.45, 7) is 4.01. The molecule has 118 valence electrons. The van der Waals surface area contributed by atoms with E-state index in [0.717, 1.165) is 25.2 Å². The summed E-state index contributed by atoms with van der Waals surface area (Å²) in [5.74, 6) is 0.377. The van der Waals surface area contributed by atoms with E-state index in [1.54, 1.807) is 12.1 Å². The largest absolute Gasteiger partial charge is 0.459 e. The van der Waals surface area contributed by atoms with E-state index in [1.807, 2.05) is 17.0 Å². The van der Waals surface area contributed by atoms with E-state index in [9.17, 15) is 4.79 Å². The fourth-order valence-corrected chi connectivity index (χ4v) is 2.78. The van der Waals surface area contributed by atoms with Crippen LogP contribution in [0.2, 0.25) is 0 Å². The van der Waals surface area contributed by atoms with Gasteiger partial charge in [-0.1, -0.05) is 24.3 Å². The second kappa shape index (κ2) is 7.12. The highest BCUT2D eigenvalue weighted by Gasteiger charge is 2.23. The van der Waals surface area contributed by atoms with Crippen LogP contribution in [0, 0.1) is 11.3 Å². The van der Waals surface area contributed by atoms with E-state index in [-0.39, 0.29) is 5.91 Å². The van der Waals surface area contributed by atoms with E-state index >= 15 is 0 Å². The van der Waals surface area contributed by atoms with E-state index in [1.165, 1.54) is 11.8 Å². The number of piperazine rings is 1. The minimum absolute atomic E-state index is 0.0319. The lowest BCUT2D eigenvalue weighted by Crippen LogP contribution is -2.48. The highest BCUT2D eigenvalue weighted by molar-refractivity contribution is 5.91. The molecule has 0 radical (unpaired) electrons. The topological polar surface area (TPSA) is 60.5 Å². The first-order valence-corrected chi connectivity index (χ1v) is 7.76. The predicted octanol–water partition coefficient (Wildman–Crippen LogP) is 2.30. The molecule has 0 spiro atoms. The van der Waals surface area contributed by atoms with Crippen LogP contribution in [-0.2, 0) is 13.0 Å². The molecule has 5 heteroatoms. The Bertz CT molecular complexity index is 678. The Morgan fingerprint density at radius 3 is 2.39 bits per heavy atom. The fourth-order valence-electron chi connectivity index (χ4n) is 2.78. The molecule has 1 saturated heterocycles. The van der Waals surface area contributed by atoms with E-state index in [4.69, 9.17) is 9.68 Å². The Morgan fingerprint density at radius 2 is 1.78 bits per heavy atom. The maximum absolute atomic E-state index is 12.2. The summed E-state index contributed by atoms with van der Waals surface area (Å²) in [7, 11) is 0. The van der Waals surface area contributed by atoms with Crippen molar-refractivity contribution in [1.82, 2.24) is 9.80 Å². The Kier molecular flexibility index (Phi) is 4.74. The molecule has 1 aliphatic heterocycles. The van der Waals surface area contributed by atoms with Crippen LogP contribution in [0.5, 0.6) is 0 Å². The lowest BCUT2D eigenvalue weighted by atomic mass is 10.1. The average molecular weight is 309 g/mol. The Morgan fingerprint density at radius 1 is 1.09 bits per heavy atom. The van der Waals surface area contributed by atoms with Gasteiger partial charge in [0.15, 0.2) is 5.76 Å². The Hall–Kier alpha value is -2.58.